The quantitative estimate of drug-likeness (QED) is 0.366. The van der Waals surface area contributed by atoms with Crippen LogP contribution in [0.15, 0.2) is 30.5 Å². The predicted molar refractivity (Wildman–Crippen MR) is 139 cm³/mol. The van der Waals surface area contributed by atoms with Crippen molar-refractivity contribution in [3.63, 3.8) is 0 Å². The highest BCUT2D eigenvalue weighted by Gasteiger charge is 2.20. The summed E-state index contributed by atoms with van der Waals surface area (Å²) in [5, 5.41) is 15.6. The van der Waals surface area contributed by atoms with Crippen molar-refractivity contribution >= 4 is 57.5 Å². The maximum atomic E-state index is 12.7. The minimum atomic E-state index is -1.26. The SMILES string of the molecule is Cc1nc(Nc2ncc(C(=O)Nc3c(C)cccc3Cl)s2)cc(N2CCN(CCOC(=O)O)CC2)n1. The maximum Gasteiger partial charge on any atom is 0.505 e. The van der Waals surface area contributed by atoms with Crippen LogP contribution in [0.25, 0.3) is 0 Å². The fraction of sp³-hybridized carbons (Fsp3) is 0.348. The van der Waals surface area contributed by atoms with Gasteiger partial charge in [0, 0.05) is 38.8 Å². The Labute approximate surface area is 217 Å². The zero-order chi connectivity index (χ0) is 25.7. The maximum absolute atomic E-state index is 12.7. The Kier molecular flexibility index (Phi) is 8.18. The van der Waals surface area contributed by atoms with E-state index in [9.17, 15) is 9.59 Å². The number of benzene rings is 1. The second-order valence-corrected chi connectivity index (χ2v) is 9.58. The van der Waals surface area contributed by atoms with Gasteiger partial charge in [0.1, 0.15) is 28.9 Å². The molecule has 1 amide bonds. The lowest BCUT2D eigenvalue weighted by atomic mass is 10.2. The lowest BCUT2D eigenvalue weighted by Crippen LogP contribution is -2.47. The van der Waals surface area contributed by atoms with Crippen LogP contribution in [0.1, 0.15) is 21.1 Å². The number of rotatable bonds is 8. The predicted octanol–water partition coefficient (Wildman–Crippen LogP) is 4.02. The van der Waals surface area contributed by atoms with E-state index in [2.05, 4.69) is 40.1 Å². The van der Waals surface area contributed by atoms with Crippen LogP contribution in [0.5, 0.6) is 0 Å². The van der Waals surface area contributed by atoms with E-state index in [4.69, 9.17) is 16.7 Å². The van der Waals surface area contributed by atoms with Gasteiger partial charge >= 0.3 is 6.16 Å². The lowest BCUT2D eigenvalue weighted by Gasteiger charge is -2.35. The Balaban J connectivity index is 1.37. The third-order valence-corrected chi connectivity index (χ3v) is 6.81. The summed E-state index contributed by atoms with van der Waals surface area (Å²) in [4.78, 5) is 41.3. The Bertz CT molecular complexity index is 1230. The van der Waals surface area contributed by atoms with Gasteiger partial charge < -0.3 is 25.4 Å². The first-order valence-corrected chi connectivity index (χ1v) is 12.5. The van der Waals surface area contributed by atoms with Gasteiger partial charge in [-0.1, -0.05) is 35.1 Å². The zero-order valence-electron chi connectivity index (χ0n) is 19.8. The molecule has 1 saturated heterocycles. The van der Waals surface area contributed by atoms with E-state index >= 15 is 0 Å². The van der Waals surface area contributed by atoms with Gasteiger partial charge in [0.05, 0.1) is 16.9 Å². The van der Waals surface area contributed by atoms with Crippen LogP contribution in [0.3, 0.4) is 0 Å². The average molecular weight is 532 g/mol. The van der Waals surface area contributed by atoms with E-state index in [-0.39, 0.29) is 12.5 Å². The summed E-state index contributed by atoms with van der Waals surface area (Å²) in [5.41, 5.74) is 1.45. The highest BCUT2D eigenvalue weighted by molar-refractivity contribution is 7.17. The Morgan fingerprint density at radius 2 is 1.97 bits per heavy atom. The normalized spacial score (nSPS) is 13.9. The third kappa shape index (κ3) is 6.59. The highest BCUT2D eigenvalue weighted by atomic mass is 35.5. The van der Waals surface area contributed by atoms with Crippen LogP contribution in [0.4, 0.5) is 27.2 Å². The Morgan fingerprint density at radius 1 is 1.19 bits per heavy atom. The Morgan fingerprint density at radius 3 is 2.69 bits per heavy atom. The first-order chi connectivity index (χ1) is 17.3. The van der Waals surface area contributed by atoms with Gasteiger partial charge in [-0.05, 0) is 25.5 Å². The number of carboxylic acid groups (broad SMARTS) is 1. The van der Waals surface area contributed by atoms with Crippen molar-refractivity contribution in [2.24, 2.45) is 0 Å². The molecular weight excluding hydrogens is 506 g/mol. The van der Waals surface area contributed by atoms with Crippen LogP contribution in [0.2, 0.25) is 5.02 Å². The van der Waals surface area contributed by atoms with Gasteiger partial charge in [0.2, 0.25) is 0 Å². The number of amides is 1. The van der Waals surface area contributed by atoms with E-state index in [1.165, 1.54) is 17.5 Å². The number of carbonyl (C=O) groups excluding carboxylic acids is 1. The van der Waals surface area contributed by atoms with Crippen LogP contribution >= 0.6 is 22.9 Å². The van der Waals surface area contributed by atoms with Crippen molar-refractivity contribution in [3.8, 4) is 0 Å². The molecule has 3 heterocycles. The summed E-state index contributed by atoms with van der Waals surface area (Å²) in [5.74, 6) is 1.69. The van der Waals surface area contributed by atoms with E-state index in [1.807, 2.05) is 32.0 Å². The molecule has 0 saturated carbocycles. The second-order valence-electron chi connectivity index (χ2n) is 8.14. The van der Waals surface area contributed by atoms with Gasteiger partial charge in [-0.2, -0.15) is 0 Å². The molecule has 0 radical (unpaired) electrons. The second kappa shape index (κ2) is 11.5. The molecule has 2 aromatic heterocycles. The summed E-state index contributed by atoms with van der Waals surface area (Å²) in [7, 11) is 0. The van der Waals surface area contributed by atoms with Gasteiger partial charge in [0.25, 0.3) is 5.91 Å². The molecule has 190 valence electrons. The van der Waals surface area contributed by atoms with Crippen LogP contribution in [0, 0.1) is 13.8 Å². The summed E-state index contributed by atoms with van der Waals surface area (Å²) >= 11 is 7.43. The number of anilines is 4. The van der Waals surface area contributed by atoms with E-state index in [0.717, 1.165) is 37.6 Å². The fourth-order valence-corrected chi connectivity index (χ4v) is 4.74. The molecule has 36 heavy (non-hydrogen) atoms. The molecule has 0 atom stereocenters. The number of para-hydroxylation sites is 1. The number of hydrogen-bond donors (Lipinski definition) is 3. The first-order valence-electron chi connectivity index (χ1n) is 11.3. The number of aryl methyl sites for hydroxylation is 2. The zero-order valence-corrected chi connectivity index (χ0v) is 21.4. The summed E-state index contributed by atoms with van der Waals surface area (Å²) in [6.07, 6.45) is 0.255. The number of aromatic nitrogens is 3. The molecule has 1 aromatic carbocycles. The number of halogens is 1. The molecular formula is C23H26ClN7O4S. The van der Waals surface area contributed by atoms with Gasteiger partial charge in [-0.3, -0.25) is 9.69 Å². The average Bonchev–Trinajstić information content (AvgIpc) is 3.30. The topological polar surface area (TPSA) is 133 Å². The number of ether oxygens (including phenoxy) is 1. The van der Waals surface area contributed by atoms with Crippen molar-refractivity contribution in [3.05, 3.63) is 51.7 Å². The summed E-state index contributed by atoms with van der Waals surface area (Å²) in [6, 6.07) is 7.29. The molecule has 0 bridgehead atoms. The monoisotopic (exact) mass is 531 g/mol. The molecule has 3 N–H and O–H groups in total. The largest absolute Gasteiger partial charge is 0.505 e. The number of nitrogens with zero attached hydrogens (tertiary/aromatic N) is 5. The van der Waals surface area contributed by atoms with Crippen molar-refractivity contribution in [2.75, 3.05) is 54.9 Å². The van der Waals surface area contributed by atoms with Crippen LogP contribution < -0.4 is 15.5 Å². The number of carbonyl (C=O) groups is 2. The minimum Gasteiger partial charge on any atom is -0.450 e. The summed E-state index contributed by atoms with van der Waals surface area (Å²) < 4.78 is 4.60. The van der Waals surface area contributed by atoms with Crippen molar-refractivity contribution in [1.29, 1.82) is 0 Å². The fourth-order valence-electron chi connectivity index (χ4n) is 3.75. The molecule has 4 rings (SSSR count). The summed E-state index contributed by atoms with van der Waals surface area (Å²) in [6.45, 7) is 7.44. The molecule has 0 aliphatic carbocycles. The molecule has 0 unspecified atom stereocenters. The third-order valence-electron chi connectivity index (χ3n) is 5.58. The molecule has 0 spiro atoms. The van der Waals surface area contributed by atoms with Crippen LogP contribution in [-0.2, 0) is 4.74 Å². The number of nitrogens with one attached hydrogen (secondary N) is 2. The van der Waals surface area contributed by atoms with Gasteiger partial charge in [0.15, 0.2) is 5.13 Å². The molecule has 3 aromatic rings. The van der Waals surface area contributed by atoms with Crippen molar-refractivity contribution < 1.29 is 19.4 Å². The van der Waals surface area contributed by atoms with Gasteiger partial charge in [-0.25, -0.2) is 19.7 Å². The smallest absolute Gasteiger partial charge is 0.450 e. The molecule has 1 aliphatic heterocycles. The van der Waals surface area contributed by atoms with Crippen molar-refractivity contribution in [2.45, 2.75) is 13.8 Å². The molecule has 1 aliphatic rings. The van der Waals surface area contributed by atoms with Crippen LogP contribution in [-0.4, -0.2) is 76.4 Å². The number of piperazine rings is 1. The van der Waals surface area contributed by atoms with E-state index < -0.39 is 6.16 Å². The number of thiazole rings is 1. The Hall–Kier alpha value is -3.48. The van der Waals surface area contributed by atoms with E-state index in [1.54, 1.807) is 6.07 Å². The standard InChI is InChI=1S/C23H26ClN7O4S/c1-14-4-3-5-16(24)20(14)29-21(32)17-13-25-22(36-17)28-18-12-19(27-15(2)26-18)31-8-6-30(7-9-31)10-11-35-23(33)34/h3-5,12-13H,6-11H2,1-2H3,(H,29,32)(H,33,34)(H,25,26,27,28). The molecule has 1 fully saturated rings. The molecule has 13 heteroatoms. The highest BCUT2D eigenvalue weighted by Crippen LogP contribution is 2.28. The lowest BCUT2D eigenvalue weighted by molar-refractivity contribution is 0.0794. The minimum absolute atomic E-state index is 0.155. The van der Waals surface area contributed by atoms with E-state index in [0.29, 0.717) is 38.9 Å². The first kappa shape index (κ1) is 25.6. The number of hydrogen-bond acceptors (Lipinski definition) is 10. The van der Waals surface area contributed by atoms with Crippen molar-refractivity contribution in [1.82, 2.24) is 19.9 Å². The molecule has 11 nitrogen and oxygen atoms in total. The van der Waals surface area contributed by atoms with Gasteiger partial charge in [-0.15, -0.1) is 0 Å².